The minimum Gasteiger partial charge on any atom is -0.463 e. The zero-order valence-electron chi connectivity index (χ0n) is 61.4. The maximum Gasteiger partial charge on any atom is 0.472 e. The van der Waals surface area contributed by atoms with E-state index >= 15 is 0 Å². The van der Waals surface area contributed by atoms with Gasteiger partial charge in [-0.1, -0.05) is 275 Å². The van der Waals surface area contributed by atoms with Gasteiger partial charge in [0.05, 0.1) is 26.4 Å². The number of hydrogen-bond donors (Lipinski definition) is 4. The Labute approximate surface area is 600 Å². The molecule has 0 fully saturated rings. The highest BCUT2D eigenvalue weighted by atomic mass is 31.2. The molecule has 0 aromatic heterocycles. The van der Waals surface area contributed by atoms with Crippen molar-refractivity contribution in [3.05, 3.63) is 158 Å². The molecular weight excluding hydrogens is 1290 g/mol. The number of ether oxygens (including phenoxy) is 3. The molecule has 0 saturated carbocycles. The third-order valence-corrected chi connectivity index (χ3v) is 17.1. The molecule has 0 rings (SSSR count). The number of carbonyl (C=O) groups excluding carboxylic acids is 3. The summed E-state index contributed by atoms with van der Waals surface area (Å²) in [4.78, 5) is 58.6. The summed E-state index contributed by atoms with van der Waals surface area (Å²) in [6.45, 7) is 2.33. The highest BCUT2D eigenvalue weighted by molar-refractivity contribution is 7.47. The second-order valence-electron chi connectivity index (χ2n) is 24.7. The average molecular weight is 1430 g/mol. The second-order valence-corrected chi connectivity index (χ2v) is 27.6. The lowest BCUT2D eigenvalue weighted by molar-refractivity contribution is -0.161. The second kappa shape index (κ2) is 72.9. The molecular formula is C81H134O16P2. The molecule has 0 spiro atoms. The first-order valence-electron chi connectivity index (χ1n) is 37.8. The molecule has 0 saturated heterocycles. The van der Waals surface area contributed by atoms with E-state index in [0.29, 0.717) is 19.3 Å². The van der Waals surface area contributed by atoms with Gasteiger partial charge in [-0.15, -0.1) is 0 Å². The summed E-state index contributed by atoms with van der Waals surface area (Å²) < 4.78 is 61.0. The normalized spacial score (nSPS) is 14.9. The van der Waals surface area contributed by atoms with Gasteiger partial charge in [-0.3, -0.25) is 32.5 Å². The summed E-state index contributed by atoms with van der Waals surface area (Å²) >= 11 is 0. The Morgan fingerprint density at radius 3 is 0.848 bits per heavy atom. The minimum absolute atomic E-state index is 0.0820. The van der Waals surface area contributed by atoms with Crippen molar-refractivity contribution < 1.29 is 75.8 Å². The Morgan fingerprint density at radius 2 is 0.535 bits per heavy atom. The van der Waals surface area contributed by atoms with Crippen LogP contribution < -0.4 is 0 Å². The van der Waals surface area contributed by atoms with Gasteiger partial charge in [-0.25, -0.2) is 9.13 Å². The number of esters is 3. The fourth-order valence-corrected chi connectivity index (χ4v) is 11.1. The van der Waals surface area contributed by atoms with E-state index in [1.165, 1.54) is 25.7 Å². The van der Waals surface area contributed by atoms with Crippen LogP contribution in [0.2, 0.25) is 0 Å². The van der Waals surface area contributed by atoms with Gasteiger partial charge in [-0.2, -0.15) is 0 Å². The summed E-state index contributed by atoms with van der Waals surface area (Å²) in [5.74, 6) is -1.62. The lowest BCUT2D eigenvalue weighted by Gasteiger charge is -2.21. The molecule has 5 unspecified atom stereocenters. The summed E-state index contributed by atoms with van der Waals surface area (Å²) in [6.07, 6.45) is 90.0. The number of phosphoric acid groups is 2. The molecule has 16 nitrogen and oxygen atoms in total. The fourth-order valence-electron chi connectivity index (χ4n) is 9.52. The first-order valence-corrected chi connectivity index (χ1v) is 40.8. The molecule has 0 aromatic rings. The summed E-state index contributed by atoms with van der Waals surface area (Å²) in [5, 5.41) is 20.6. The zero-order chi connectivity index (χ0) is 72.3. The molecule has 0 aliphatic rings. The van der Waals surface area contributed by atoms with Gasteiger partial charge in [0.15, 0.2) is 6.10 Å². The van der Waals surface area contributed by atoms with Crippen molar-refractivity contribution in [2.75, 3.05) is 39.6 Å². The van der Waals surface area contributed by atoms with Crippen molar-refractivity contribution in [3.63, 3.8) is 0 Å². The maximum atomic E-state index is 12.9. The van der Waals surface area contributed by atoms with Gasteiger partial charge >= 0.3 is 33.6 Å². The fraction of sp³-hybridized carbons (Fsp3) is 0.642. The number of allylic oxidation sites excluding steroid dienone is 26. The smallest absolute Gasteiger partial charge is 0.463 e. The molecule has 18 heteroatoms. The van der Waals surface area contributed by atoms with Gasteiger partial charge in [0.1, 0.15) is 25.4 Å². The SMILES string of the molecule is CC/C=C\C/C=C\C/C=C\C/C=C\C/C=C\C/C=C\CCCCCCCCC(=O)OCC(O)COP(=O)(O)OCC(O)COP(=O)(O)OCC(COC(=O)CCCCCCCCCCC/C=C\C/C=C\C/C=C\C/C=C\C/C=C\CC)OC(=O)CCCCCCC/C=C\C/C=C\CCC. The highest BCUT2D eigenvalue weighted by Gasteiger charge is 2.29. The van der Waals surface area contributed by atoms with Crippen LogP contribution in [0.25, 0.3) is 0 Å². The molecule has 564 valence electrons. The third-order valence-electron chi connectivity index (χ3n) is 15.2. The Balaban J connectivity index is 4.60. The Hall–Kier alpha value is -4.83. The molecule has 0 radical (unpaired) electrons. The van der Waals surface area contributed by atoms with E-state index in [2.05, 4.69) is 179 Å². The predicted octanol–water partition coefficient (Wildman–Crippen LogP) is 21.9. The van der Waals surface area contributed by atoms with Crippen molar-refractivity contribution >= 4 is 33.6 Å². The number of unbranched alkanes of at least 4 members (excludes halogenated alkanes) is 21. The molecule has 0 amide bonds. The summed E-state index contributed by atoms with van der Waals surface area (Å²) in [6, 6.07) is 0. The van der Waals surface area contributed by atoms with Crippen LogP contribution in [0, 0.1) is 0 Å². The van der Waals surface area contributed by atoms with E-state index < -0.39 is 91.5 Å². The van der Waals surface area contributed by atoms with Crippen LogP contribution in [0.15, 0.2) is 158 Å². The first-order chi connectivity index (χ1) is 48.2. The summed E-state index contributed by atoms with van der Waals surface area (Å²) in [7, 11) is -9.80. The van der Waals surface area contributed by atoms with E-state index in [4.69, 9.17) is 32.3 Å². The van der Waals surface area contributed by atoms with Crippen LogP contribution in [-0.2, 0) is 55.8 Å². The van der Waals surface area contributed by atoms with Crippen molar-refractivity contribution in [1.82, 2.24) is 0 Å². The lowest BCUT2D eigenvalue weighted by atomic mass is 10.1. The Kier molecular flexibility index (Phi) is 69.4. The van der Waals surface area contributed by atoms with Crippen LogP contribution in [-0.4, -0.2) is 95.9 Å². The van der Waals surface area contributed by atoms with Crippen molar-refractivity contribution in [2.24, 2.45) is 0 Å². The molecule has 0 aliphatic carbocycles. The lowest BCUT2D eigenvalue weighted by Crippen LogP contribution is -2.30. The number of phosphoric ester groups is 2. The number of carbonyl (C=O) groups is 3. The molecule has 0 aliphatic heterocycles. The van der Waals surface area contributed by atoms with Crippen LogP contribution in [0.5, 0.6) is 0 Å². The van der Waals surface area contributed by atoms with E-state index in [-0.39, 0.29) is 19.3 Å². The van der Waals surface area contributed by atoms with E-state index in [9.17, 15) is 43.5 Å². The Bertz CT molecular complexity index is 2430. The quantitative estimate of drug-likeness (QED) is 0.0146. The van der Waals surface area contributed by atoms with Crippen LogP contribution >= 0.6 is 15.6 Å². The molecule has 0 bridgehead atoms. The van der Waals surface area contributed by atoms with E-state index in [1.54, 1.807) is 0 Å². The monoisotopic (exact) mass is 1420 g/mol. The standard InChI is InChI=1S/C81H134O16P2/c1-4-7-10-13-16-19-22-25-27-29-31-33-35-37-39-41-43-45-47-50-52-55-58-61-64-67-79(84)91-70-76(82)71-93-98(87,88)94-72-77(83)73-95-99(89,90)96-75-78(97-81(86)69-66-63-60-57-54-49-24-21-18-15-12-9-6-3)74-92-80(85)68-65-62-59-56-53-51-48-46-44-42-40-38-36-34-32-30-28-26-23-20-17-14-11-8-5-2/h7-8,10-12,15-17,19-21,24-28,31-34,37-40,43,45,76-78,82-83H,4-6,9,13-14,18,22-23,29-30,35-36,41-42,44,46-75H2,1-3H3,(H,87,88)(H,89,90)/b10-7-,11-8-,15-12-,19-16-,20-17-,24-21-,27-25-,28-26-,33-31-,34-32-,39-37-,40-38-,45-43-. The average Bonchev–Trinajstić information content (AvgIpc) is 1.37. The van der Waals surface area contributed by atoms with Crippen LogP contribution in [0.1, 0.15) is 278 Å². The van der Waals surface area contributed by atoms with Gasteiger partial charge < -0.3 is 34.2 Å². The van der Waals surface area contributed by atoms with Crippen LogP contribution in [0.4, 0.5) is 0 Å². The molecule has 0 heterocycles. The van der Waals surface area contributed by atoms with Crippen molar-refractivity contribution in [3.8, 4) is 0 Å². The minimum atomic E-state index is -4.94. The van der Waals surface area contributed by atoms with Gasteiger partial charge in [0, 0.05) is 19.3 Å². The molecule has 99 heavy (non-hydrogen) atoms. The molecule has 0 aromatic carbocycles. The maximum absolute atomic E-state index is 12.9. The van der Waals surface area contributed by atoms with E-state index in [1.807, 2.05) is 0 Å². The van der Waals surface area contributed by atoms with E-state index in [0.717, 1.165) is 193 Å². The number of hydrogen-bond acceptors (Lipinski definition) is 14. The van der Waals surface area contributed by atoms with Crippen LogP contribution in [0.3, 0.4) is 0 Å². The number of rotatable bonds is 70. The Morgan fingerprint density at radius 1 is 0.293 bits per heavy atom. The number of aliphatic hydroxyl groups is 2. The topological polar surface area (TPSA) is 231 Å². The first kappa shape index (κ1) is 94.2. The van der Waals surface area contributed by atoms with Crippen molar-refractivity contribution in [1.29, 1.82) is 0 Å². The highest BCUT2D eigenvalue weighted by Crippen LogP contribution is 2.45. The predicted molar refractivity (Wildman–Crippen MR) is 408 cm³/mol. The van der Waals surface area contributed by atoms with Gasteiger partial charge in [0.2, 0.25) is 0 Å². The molecule has 4 N–H and O–H groups in total. The van der Waals surface area contributed by atoms with Gasteiger partial charge in [-0.05, 0) is 141 Å². The third kappa shape index (κ3) is 74.2. The van der Waals surface area contributed by atoms with Crippen molar-refractivity contribution in [2.45, 2.75) is 296 Å². The zero-order valence-corrected chi connectivity index (χ0v) is 63.1. The molecule has 5 atom stereocenters. The van der Waals surface area contributed by atoms with Gasteiger partial charge in [0.25, 0.3) is 0 Å². The summed E-state index contributed by atoms with van der Waals surface area (Å²) in [5.41, 5.74) is 0. The largest absolute Gasteiger partial charge is 0.472 e. The number of aliphatic hydroxyl groups excluding tert-OH is 2.